The van der Waals surface area contributed by atoms with E-state index in [1.165, 1.54) is 0 Å². The Morgan fingerprint density at radius 2 is 1.76 bits per heavy atom. The molecule has 0 saturated carbocycles. The molecule has 0 bridgehead atoms. The Morgan fingerprint density at radius 1 is 1.04 bits per heavy atom. The molecule has 2 aromatic rings. The molecular formula is C19H20BrClN2O2. The van der Waals surface area contributed by atoms with Crippen molar-refractivity contribution < 1.29 is 9.59 Å². The quantitative estimate of drug-likeness (QED) is 0.641. The number of hydrogen-bond donors (Lipinski definition) is 2. The van der Waals surface area contributed by atoms with Gasteiger partial charge in [0.2, 0.25) is 0 Å². The van der Waals surface area contributed by atoms with Crippen LogP contribution in [-0.4, -0.2) is 18.4 Å². The van der Waals surface area contributed by atoms with E-state index in [0.29, 0.717) is 33.7 Å². The van der Waals surface area contributed by atoms with Gasteiger partial charge in [-0.1, -0.05) is 37.1 Å². The topological polar surface area (TPSA) is 58.2 Å². The van der Waals surface area contributed by atoms with Crippen molar-refractivity contribution in [3.63, 3.8) is 0 Å². The van der Waals surface area contributed by atoms with Gasteiger partial charge in [0.25, 0.3) is 11.8 Å². The van der Waals surface area contributed by atoms with Gasteiger partial charge >= 0.3 is 0 Å². The summed E-state index contributed by atoms with van der Waals surface area (Å²) in [5, 5.41) is 6.23. The van der Waals surface area contributed by atoms with E-state index in [1.54, 1.807) is 30.3 Å². The van der Waals surface area contributed by atoms with Crippen LogP contribution in [0.1, 0.15) is 46.0 Å². The fraction of sp³-hybridized carbons (Fsp3) is 0.263. The van der Waals surface area contributed by atoms with Crippen LogP contribution in [0.4, 0.5) is 0 Å². The van der Waals surface area contributed by atoms with Crippen molar-refractivity contribution in [1.82, 2.24) is 10.6 Å². The number of carbonyl (C=O) groups is 2. The summed E-state index contributed by atoms with van der Waals surface area (Å²) in [6, 6.07) is 12.3. The number of carbonyl (C=O) groups excluding carboxylic acids is 2. The minimum absolute atomic E-state index is 0.0770. The molecule has 2 aromatic carbocycles. The third-order valence-electron chi connectivity index (χ3n) is 3.66. The molecule has 0 aliphatic carbocycles. The molecule has 2 rings (SSSR count). The van der Waals surface area contributed by atoms with Crippen LogP contribution in [0.5, 0.6) is 0 Å². The van der Waals surface area contributed by atoms with E-state index in [0.717, 1.165) is 18.4 Å². The van der Waals surface area contributed by atoms with E-state index in [-0.39, 0.29) is 11.8 Å². The van der Waals surface area contributed by atoms with Crippen molar-refractivity contribution in [1.29, 1.82) is 0 Å². The number of hydrogen-bond acceptors (Lipinski definition) is 2. The molecule has 25 heavy (non-hydrogen) atoms. The van der Waals surface area contributed by atoms with Crippen LogP contribution in [0.3, 0.4) is 0 Å². The summed E-state index contributed by atoms with van der Waals surface area (Å²) in [6.07, 6.45) is 2.01. The van der Waals surface area contributed by atoms with E-state index in [9.17, 15) is 9.59 Å². The summed E-state index contributed by atoms with van der Waals surface area (Å²) in [4.78, 5) is 24.2. The second kappa shape index (κ2) is 9.59. The van der Waals surface area contributed by atoms with E-state index in [4.69, 9.17) is 11.6 Å². The molecule has 2 amide bonds. The maximum atomic E-state index is 12.2. The number of benzene rings is 2. The molecule has 0 heterocycles. The van der Waals surface area contributed by atoms with Gasteiger partial charge in [-0.15, -0.1) is 0 Å². The summed E-state index contributed by atoms with van der Waals surface area (Å²) in [5.41, 5.74) is 2.01. The standard InChI is InChI=1S/C19H20BrClN2O2/c1-2-3-10-22-18(24)14-6-4-13(5-7-14)12-23-19(25)16-11-15(21)8-9-17(16)20/h4-9,11H,2-3,10,12H2,1H3,(H,22,24)(H,23,25). The molecule has 4 nitrogen and oxygen atoms in total. The van der Waals surface area contributed by atoms with Crippen molar-refractivity contribution in [2.75, 3.05) is 6.54 Å². The maximum Gasteiger partial charge on any atom is 0.252 e. The normalized spacial score (nSPS) is 10.4. The molecular weight excluding hydrogens is 404 g/mol. The lowest BCUT2D eigenvalue weighted by atomic mass is 10.1. The molecule has 0 radical (unpaired) electrons. The second-order valence-electron chi connectivity index (χ2n) is 5.61. The third kappa shape index (κ3) is 5.87. The number of unbranched alkanes of at least 4 members (excludes halogenated alkanes) is 1. The highest BCUT2D eigenvalue weighted by Crippen LogP contribution is 2.21. The highest BCUT2D eigenvalue weighted by Gasteiger charge is 2.11. The van der Waals surface area contributed by atoms with E-state index in [2.05, 4.69) is 33.5 Å². The van der Waals surface area contributed by atoms with Crippen molar-refractivity contribution in [2.24, 2.45) is 0 Å². The molecule has 0 atom stereocenters. The number of amides is 2. The molecule has 0 aliphatic rings. The third-order valence-corrected chi connectivity index (χ3v) is 4.58. The molecule has 0 spiro atoms. The van der Waals surface area contributed by atoms with Crippen molar-refractivity contribution in [2.45, 2.75) is 26.3 Å². The van der Waals surface area contributed by atoms with Gasteiger partial charge < -0.3 is 10.6 Å². The average molecular weight is 424 g/mol. The zero-order chi connectivity index (χ0) is 18.2. The van der Waals surface area contributed by atoms with Gasteiger partial charge in [0.15, 0.2) is 0 Å². The van der Waals surface area contributed by atoms with Crippen LogP contribution in [0.15, 0.2) is 46.9 Å². The Morgan fingerprint density at radius 3 is 2.44 bits per heavy atom. The van der Waals surface area contributed by atoms with Gasteiger partial charge in [0.05, 0.1) is 5.56 Å². The molecule has 0 aromatic heterocycles. The van der Waals surface area contributed by atoms with Crippen molar-refractivity contribution in [3.8, 4) is 0 Å². The van der Waals surface area contributed by atoms with E-state index >= 15 is 0 Å². The Bertz CT molecular complexity index is 748. The smallest absolute Gasteiger partial charge is 0.252 e. The molecule has 0 unspecified atom stereocenters. The zero-order valence-corrected chi connectivity index (χ0v) is 16.3. The van der Waals surface area contributed by atoms with Gasteiger partial charge in [0.1, 0.15) is 0 Å². The number of rotatable bonds is 7. The Balaban J connectivity index is 1.92. The fourth-order valence-electron chi connectivity index (χ4n) is 2.20. The van der Waals surface area contributed by atoms with Crippen molar-refractivity contribution in [3.05, 3.63) is 68.7 Å². The molecule has 0 aliphatic heterocycles. The van der Waals surface area contributed by atoms with Crippen LogP contribution in [0.25, 0.3) is 0 Å². The molecule has 6 heteroatoms. The highest BCUT2D eigenvalue weighted by molar-refractivity contribution is 9.10. The molecule has 2 N–H and O–H groups in total. The first-order chi connectivity index (χ1) is 12.0. The monoisotopic (exact) mass is 422 g/mol. The van der Waals surface area contributed by atoms with Crippen LogP contribution < -0.4 is 10.6 Å². The summed E-state index contributed by atoms with van der Waals surface area (Å²) >= 11 is 9.28. The first-order valence-corrected chi connectivity index (χ1v) is 9.28. The summed E-state index contributed by atoms with van der Waals surface area (Å²) in [6.45, 7) is 3.13. The van der Waals surface area contributed by atoms with Gasteiger partial charge in [-0.05, 0) is 58.2 Å². The maximum absolute atomic E-state index is 12.2. The molecule has 0 fully saturated rings. The minimum Gasteiger partial charge on any atom is -0.352 e. The Hall–Kier alpha value is -1.85. The summed E-state index contributed by atoms with van der Waals surface area (Å²) in [7, 11) is 0. The van der Waals surface area contributed by atoms with Gasteiger partial charge in [0, 0.05) is 28.1 Å². The molecule has 0 saturated heterocycles. The minimum atomic E-state index is -0.212. The van der Waals surface area contributed by atoms with Crippen LogP contribution in [0, 0.1) is 0 Å². The predicted octanol–water partition coefficient (Wildman–Crippen LogP) is 4.56. The van der Waals surface area contributed by atoms with E-state index < -0.39 is 0 Å². The van der Waals surface area contributed by atoms with Gasteiger partial charge in [-0.25, -0.2) is 0 Å². The first kappa shape index (κ1) is 19.5. The highest BCUT2D eigenvalue weighted by atomic mass is 79.9. The lowest BCUT2D eigenvalue weighted by molar-refractivity contribution is 0.0942. The second-order valence-corrected chi connectivity index (χ2v) is 6.90. The van der Waals surface area contributed by atoms with Gasteiger partial charge in [-0.3, -0.25) is 9.59 Å². The number of halogens is 2. The van der Waals surface area contributed by atoms with Crippen LogP contribution in [0.2, 0.25) is 5.02 Å². The lowest BCUT2D eigenvalue weighted by Crippen LogP contribution is -2.25. The van der Waals surface area contributed by atoms with Gasteiger partial charge in [-0.2, -0.15) is 0 Å². The van der Waals surface area contributed by atoms with E-state index in [1.807, 2.05) is 12.1 Å². The Labute approximate surface area is 161 Å². The SMILES string of the molecule is CCCCNC(=O)c1ccc(CNC(=O)c2cc(Cl)ccc2Br)cc1. The van der Waals surface area contributed by atoms with Crippen molar-refractivity contribution >= 4 is 39.3 Å². The predicted molar refractivity (Wildman–Crippen MR) is 104 cm³/mol. The largest absolute Gasteiger partial charge is 0.352 e. The zero-order valence-electron chi connectivity index (χ0n) is 13.9. The van der Waals surface area contributed by atoms with Crippen LogP contribution in [-0.2, 0) is 6.54 Å². The summed E-state index contributed by atoms with van der Waals surface area (Å²) in [5.74, 6) is -0.289. The lowest BCUT2D eigenvalue weighted by Gasteiger charge is -2.09. The summed E-state index contributed by atoms with van der Waals surface area (Å²) < 4.78 is 0.688. The number of nitrogens with one attached hydrogen (secondary N) is 2. The van der Waals surface area contributed by atoms with Crippen LogP contribution >= 0.6 is 27.5 Å². The average Bonchev–Trinajstić information content (AvgIpc) is 2.62. The Kier molecular flexibility index (Phi) is 7.47. The molecule has 132 valence electrons. The first-order valence-electron chi connectivity index (χ1n) is 8.11. The fourth-order valence-corrected chi connectivity index (χ4v) is 2.80.